The number of ether oxygens (including phenoxy) is 2. The third kappa shape index (κ3) is 6.22. The molecule has 3 rings (SSSR count). The van der Waals surface area contributed by atoms with E-state index in [4.69, 9.17) is 28.1 Å². The Kier molecular flexibility index (Phi) is 7.45. The molecule has 0 N–H and O–H groups in total. The highest BCUT2D eigenvalue weighted by Gasteiger charge is 2.45. The second-order valence-electron chi connectivity index (χ2n) is 5.93. The Morgan fingerprint density at radius 1 is 0.923 bits per heavy atom. The van der Waals surface area contributed by atoms with E-state index in [1.54, 1.807) is 0 Å². The second-order valence-corrected chi connectivity index (χ2v) is 8.99. The van der Waals surface area contributed by atoms with Gasteiger partial charge in [0.15, 0.2) is 0 Å². The van der Waals surface area contributed by atoms with E-state index in [2.05, 4.69) is 36.8 Å². The molecule has 1 unspecified atom stereocenters. The summed E-state index contributed by atoms with van der Waals surface area (Å²) >= 11 is 0. The van der Waals surface area contributed by atoms with Crippen LogP contribution in [0.5, 0.6) is 0 Å². The molecule has 1 heterocycles. The van der Waals surface area contributed by atoms with Crippen LogP contribution >= 0.6 is 0 Å². The van der Waals surface area contributed by atoms with Crippen LogP contribution in [0, 0.1) is 10.2 Å². The summed E-state index contributed by atoms with van der Waals surface area (Å²) in [4.78, 5) is 0. The fourth-order valence-electron chi connectivity index (χ4n) is 2.75. The summed E-state index contributed by atoms with van der Waals surface area (Å²) in [7, 11) is -4.60. The monoisotopic (exact) mass is 400 g/mol. The maximum atomic E-state index is 8.49. The second kappa shape index (κ2) is 9.16. The number of benzene rings is 2. The molecule has 1 saturated heterocycles. The molecule has 1 aliphatic rings. The Labute approximate surface area is 158 Å². The maximum absolute atomic E-state index is 8.49. The summed E-state index contributed by atoms with van der Waals surface area (Å²) in [5, 5.41) is 0. The minimum absolute atomic E-state index is 0.156. The fourth-order valence-corrected chi connectivity index (χ4v) is 3.66. The van der Waals surface area contributed by atoms with Crippen LogP contribution in [0.25, 0.3) is 0 Å². The van der Waals surface area contributed by atoms with Crippen molar-refractivity contribution < 1.29 is 38.4 Å². The van der Waals surface area contributed by atoms with Gasteiger partial charge in [-0.05, 0) is 10.9 Å². The van der Waals surface area contributed by atoms with E-state index in [0.717, 1.165) is 16.9 Å². The van der Waals surface area contributed by atoms with Crippen molar-refractivity contribution in [2.75, 3.05) is 24.9 Å². The highest BCUT2D eigenvalue weighted by molar-refractivity contribution is 7.95. The Morgan fingerprint density at radius 3 is 1.73 bits per heavy atom. The molecular formula is C18H21ClO6S. The van der Waals surface area contributed by atoms with Crippen LogP contribution in [0.4, 0.5) is 0 Å². The largest absolute Gasteiger partial charge is 0.339 e. The summed E-state index contributed by atoms with van der Waals surface area (Å²) in [6.07, 6.45) is 4.65. The van der Waals surface area contributed by atoms with Crippen molar-refractivity contribution in [3.63, 3.8) is 0 Å². The smallest absolute Gasteiger partial charge is 0.222 e. The highest BCUT2D eigenvalue weighted by Crippen LogP contribution is 2.40. The van der Waals surface area contributed by atoms with E-state index >= 15 is 0 Å². The summed E-state index contributed by atoms with van der Waals surface area (Å²) in [6.45, 7) is 0.648. The van der Waals surface area contributed by atoms with Gasteiger partial charge in [0.25, 0.3) is 0 Å². The van der Waals surface area contributed by atoms with Gasteiger partial charge in [-0.1, -0.05) is 60.7 Å². The van der Waals surface area contributed by atoms with Crippen molar-refractivity contribution in [1.82, 2.24) is 0 Å². The molecule has 0 aromatic heterocycles. The number of halogens is 1. The van der Waals surface area contributed by atoms with Crippen molar-refractivity contribution in [3.8, 4) is 0 Å². The number of rotatable bonds is 4. The quantitative estimate of drug-likeness (QED) is 0.573. The van der Waals surface area contributed by atoms with Crippen molar-refractivity contribution >= 4 is 10.9 Å². The standard InChI is InChI=1S/C18H21O2S.ClHO4/c1-21(2)14-17-13-19-18(20-17,15-9-5-3-6-10-15)16-11-7-4-8-12-16;2-1(3,4)5/h3-12,17H,13-14H2,1-2H3;(H,2,3,4,5)/q+1;/p-1. The molecule has 142 valence electrons. The molecule has 26 heavy (non-hydrogen) atoms. The zero-order valence-electron chi connectivity index (χ0n) is 14.5. The van der Waals surface area contributed by atoms with E-state index in [-0.39, 0.29) is 6.10 Å². The normalized spacial score (nSPS) is 19.1. The summed E-state index contributed by atoms with van der Waals surface area (Å²) < 4.78 is 46.6. The van der Waals surface area contributed by atoms with Crippen LogP contribution < -0.4 is 18.6 Å². The summed E-state index contributed by atoms with van der Waals surface area (Å²) in [5.41, 5.74) is 2.12. The molecule has 0 aliphatic carbocycles. The lowest BCUT2D eigenvalue weighted by Gasteiger charge is -2.29. The lowest BCUT2D eigenvalue weighted by Crippen LogP contribution is -2.68. The maximum Gasteiger partial charge on any atom is 0.222 e. The number of hydrogen-bond donors (Lipinski definition) is 0. The van der Waals surface area contributed by atoms with Crippen molar-refractivity contribution in [2.45, 2.75) is 11.9 Å². The first-order valence-electron chi connectivity index (χ1n) is 7.79. The number of hydrogen-bond acceptors (Lipinski definition) is 6. The first-order valence-corrected chi connectivity index (χ1v) is 11.2. The average Bonchev–Trinajstić information content (AvgIpc) is 2.99. The van der Waals surface area contributed by atoms with E-state index in [9.17, 15) is 0 Å². The van der Waals surface area contributed by atoms with E-state index in [1.165, 1.54) is 0 Å². The molecule has 2 aromatic carbocycles. The minimum Gasteiger partial charge on any atom is -0.339 e. The van der Waals surface area contributed by atoms with Crippen molar-refractivity contribution in [3.05, 3.63) is 71.8 Å². The predicted octanol–water partition coefficient (Wildman–Crippen LogP) is -1.57. The van der Waals surface area contributed by atoms with Gasteiger partial charge in [0, 0.05) is 11.1 Å². The van der Waals surface area contributed by atoms with Gasteiger partial charge in [0.05, 0.1) is 19.1 Å². The van der Waals surface area contributed by atoms with Gasteiger partial charge in [-0.2, -0.15) is 0 Å². The lowest BCUT2D eigenvalue weighted by molar-refractivity contribution is -2.00. The van der Waals surface area contributed by atoms with Crippen LogP contribution in [-0.2, 0) is 26.2 Å². The Morgan fingerprint density at radius 2 is 1.35 bits per heavy atom. The van der Waals surface area contributed by atoms with Crippen LogP contribution in [0.2, 0.25) is 0 Å². The van der Waals surface area contributed by atoms with Crippen LogP contribution in [-0.4, -0.2) is 31.0 Å². The SMILES string of the molecule is C[S+](C)CC1COC(c2ccccc2)(c2ccccc2)O1.[O-][Cl+3]([O-])([O-])[O-]. The molecule has 1 aliphatic heterocycles. The molecule has 0 bridgehead atoms. The Balaban J connectivity index is 0.000000431. The Bertz CT molecular complexity index is 617. The first-order chi connectivity index (χ1) is 12.2. The molecule has 0 spiro atoms. The lowest BCUT2D eigenvalue weighted by atomic mass is 9.97. The molecule has 0 amide bonds. The third-order valence-electron chi connectivity index (χ3n) is 3.63. The molecule has 1 fully saturated rings. The molecule has 6 nitrogen and oxygen atoms in total. The van der Waals surface area contributed by atoms with Gasteiger partial charge in [-0.15, -0.1) is 10.2 Å². The topological polar surface area (TPSA) is 111 Å². The molecule has 1 atom stereocenters. The van der Waals surface area contributed by atoms with Gasteiger partial charge in [-0.25, -0.2) is 18.6 Å². The zero-order chi connectivity index (χ0) is 19.2. The van der Waals surface area contributed by atoms with Gasteiger partial charge in [0.1, 0.15) is 11.9 Å². The molecule has 2 aromatic rings. The van der Waals surface area contributed by atoms with Crippen LogP contribution in [0.15, 0.2) is 60.7 Å². The van der Waals surface area contributed by atoms with E-state index in [0.29, 0.717) is 17.5 Å². The van der Waals surface area contributed by atoms with Gasteiger partial charge in [0.2, 0.25) is 5.79 Å². The highest BCUT2D eigenvalue weighted by atomic mass is 35.7. The molecular weight excluding hydrogens is 380 g/mol. The Hall–Kier alpha value is -1.16. The van der Waals surface area contributed by atoms with Crippen molar-refractivity contribution in [1.29, 1.82) is 0 Å². The van der Waals surface area contributed by atoms with Gasteiger partial charge < -0.3 is 9.47 Å². The fraction of sp³-hybridized carbons (Fsp3) is 0.333. The molecule has 8 heteroatoms. The van der Waals surface area contributed by atoms with E-state index < -0.39 is 16.0 Å². The molecule has 0 saturated carbocycles. The van der Waals surface area contributed by atoms with Gasteiger partial charge in [-0.3, -0.25) is 0 Å². The van der Waals surface area contributed by atoms with Crippen LogP contribution in [0.3, 0.4) is 0 Å². The molecule has 0 radical (unpaired) electrons. The summed E-state index contributed by atoms with van der Waals surface area (Å²) in [5.74, 6) is 0.286. The van der Waals surface area contributed by atoms with E-state index in [1.807, 2.05) is 36.4 Å². The third-order valence-corrected chi connectivity index (χ3v) is 4.67. The first kappa shape index (κ1) is 21.1. The van der Waals surface area contributed by atoms with Crippen LogP contribution in [0.1, 0.15) is 11.1 Å². The predicted molar refractivity (Wildman–Crippen MR) is 88.6 cm³/mol. The van der Waals surface area contributed by atoms with Crippen molar-refractivity contribution in [2.24, 2.45) is 0 Å². The average molecular weight is 401 g/mol. The minimum atomic E-state index is -4.94. The van der Waals surface area contributed by atoms with Gasteiger partial charge >= 0.3 is 0 Å². The zero-order valence-corrected chi connectivity index (χ0v) is 16.1. The summed E-state index contributed by atoms with van der Waals surface area (Å²) in [6, 6.07) is 20.5.